The predicted molar refractivity (Wildman–Crippen MR) is 90.0 cm³/mol. The highest BCUT2D eigenvalue weighted by molar-refractivity contribution is 5.80. The molecule has 1 heterocycles. The summed E-state index contributed by atoms with van der Waals surface area (Å²) in [6, 6.07) is 10.4. The lowest BCUT2D eigenvalue weighted by Gasteiger charge is -2.25. The molecule has 23 heavy (non-hydrogen) atoms. The summed E-state index contributed by atoms with van der Waals surface area (Å²) < 4.78 is 5.44. The Morgan fingerprint density at radius 3 is 2.78 bits per heavy atom. The zero-order valence-corrected chi connectivity index (χ0v) is 14.1. The van der Waals surface area contributed by atoms with Gasteiger partial charge in [0.2, 0.25) is 5.91 Å². The maximum atomic E-state index is 12.2. The molecule has 0 aromatic heterocycles. The summed E-state index contributed by atoms with van der Waals surface area (Å²) in [4.78, 5) is 14.4. The molecule has 0 aliphatic carbocycles. The van der Waals surface area contributed by atoms with Crippen molar-refractivity contribution in [3.63, 3.8) is 0 Å². The molecule has 1 aliphatic heterocycles. The third-order valence-corrected chi connectivity index (χ3v) is 4.28. The van der Waals surface area contributed by atoms with E-state index in [0.29, 0.717) is 32.5 Å². The van der Waals surface area contributed by atoms with E-state index in [1.54, 1.807) is 0 Å². The zero-order chi connectivity index (χ0) is 16.7. The SMILES string of the molecule is CCOC(CC)C(=O)NCC1CC(O)CN1Cc1ccccc1. The molecule has 2 rings (SSSR count). The molecular formula is C18H28N2O3. The summed E-state index contributed by atoms with van der Waals surface area (Å²) in [7, 11) is 0. The molecule has 1 fully saturated rings. The van der Waals surface area contributed by atoms with Crippen molar-refractivity contribution in [2.45, 2.75) is 51.5 Å². The maximum absolute atomic E-state index is 12.2. The molecule has 5 heteroatoms. The first-order valence-electron chi connectivity index (χ1n) is 8.49. The fraction of sp³-hybridized carbons (Fsp3) is 0.611. The number of hydrogen-bond donors (Lipinski definition) is 2. The summed E-state index contributed by atoms with van der Waals surface area (Å²) in [5.74, 6) is -0.0598. The van der Waals surface area contributed by atoms with Crippen LogP contribution in [0.1, 0.15) is 32.3 Å². The van der Waals surface area contributed by atoms with Gasteiger partial charge in [0, 0.05) is 32.3 Å². The van der Waals surface area contributed by atoms with Crippen molar-refractivity contribution in [2.75, 3.05) is 19.7 Å². The second-order valence-corrected chi connectivity index (χ2v) is 6.06. The van der Waals surface area contributed by atoms with E-state index in [0.717, 1.165) is 6.54 Å². The van der Waals surface area contributed by atoms with Crippen molar-refractivity contribution in [1.82, 2.24) is 10.2 Å². The number of nitrogens with zero attached hydrogens (tertiary/aromatic N) is 1. The molecule has 3 atom stereocenters. The first-order chi connectivity index (χ1) is 11.1. The maximum Gasteiger partial charge on any atom is 0.249 e. The van der Waals surface area contributed by atoms with Gasteiger partial charge in [-0.25, -0.2) is 0 Å². The van der Waals surface area contributed by atoms with Gasteiger partial charge in [-0.2, -0.15) is 0 Å². The van der Waals surface area contributed by atoms with Crippen LogP contribution in [0.2, 0.25) is 0 Å². The Bertz CT molecular complexity index is 480. The number of likely N-dealkylation sites (tertiary alicyclic amines) is 1. The van der Waals surface area contributed by atoms with Gasteiger partial charge in [-0.05, 0) is 25.3 Å². The summed E-state index contributed by atoms with van der Waals surface area (Å²) >= 11 is 0. The molecule has 1 aromatic carbocycles. The highest BCUT2D eigenvalue weighted by Gasteiger charge is 2.31. The molecule has 1 aliphatic rings. The standard InChI is InChI=1S/C18H28N2O3/c1-3-17(23-4-2)18(22)19-11-15-10-16(21)13-20(15)12-14-8-6-5-7-9-14/h5-9,15-17,21H,3-4,10-13H2,1-2H3,(H,19,22). The van der Waals surface area contributed by atoms with Gasteiger partial charge in [0.05, 0.1) is 6.10 Å². The first-order valence-corrected chi connectivity index (χ1v) is 8.49. The molecule has 3 unspecified atom stereocenters. The normalized spacial score (nSPS) is 22.9. The molecular weight excluding hydrogens is 292 g/mol. The minimum absolute atomic E-state index is 0.0598. The number of rotatable bonds is 8. The molecule has 0 saturated carbocycles. The summed E-state index contributed by atoms with van der Waals surface area (Å²) in [5.41, 5.74) is 1.22. The van der Waals surface area contributed by atoms with Crippen molar-refractivity contribution in [2.24, 2.45) is 0 Å². The van der Waals surface area contributed by atoms with E-state index in [1.807, 2.05) is 32.0 Å². The fourth-order valence-electron chi connectivity index (χ4n) is 3.09. The van der Waals surface area contributed by atoms with Gasteiger partial charge in [-0.1, -0.05) is 37.3 Å². The van der Waals surface area contributed by atoms with Crippen LogP contribution >= 0.6 is 0 Å². The predicted octanol–water partition coefficient (Wildman–Crippen LogP) is 1.55. The van der Waals surface area contributed by atoms with Crippen LogP contribution in [-0.4, -0.2) is 53.9 Å². The van der Waals surface area contributed by atoms with Gasteiger partial charge in [0.15, 0.2) is 0 Å². The molecule has 0 bridgehead atoms. The van der Waals surface area contributed by atoms with Gasteiger partial charge < -0.3 is 15.2 Å². The largest absolute Gasteiger partial charge is 0.392 e. The highest BCUT2D eigenvalue weighted by Crippen LogP contribution is 2.20. The van der Waals surface area contributed by atoms with Gasteiger partial charge in [-0.15, -0.1) is 0 Å². The Hall–Kier alpha value is -1.43. The summed E-state index contributed by atoms with van der Waals surface area (Å²) in [5, 5.41) is 13.0. The number of aliphatic hydroxyl groups is 1. The second-order valence-electron chi connectivity index (χ2n) is 6.06. The number of hydrogen-bond acceptors (Lipinski definition) is 4. The third-order valence-electron chi connectivity index (χ3n) is 4.28. The minimum Gasteiger partial charge on any atom is -0.392 e. The zero-order valence-electron chi connectivity index (χ0n) is 14.1. The van der Waals surface area contributed by atoms with Crippen LogP contribution in [0.4, 0.5) is 0 Å². The van der Waals surface area contributed by atoms with E-state index in [-0.39, 0.29) is 24.2 Å². The summed E-state index contributed by atoms with van der Waals surface area (Å²) in [6.07, 6.45) is 0.655. The second kappa shape index (κ2) is 9.01. The third kappa shape index (κ3) is 5.30. The molecule has 1 saturated heterocycles. The van der Waals surface area contributed by atoms with Crippen LogP contribution in [0.25, 0.3) is 0 Å². The smallest absolute Gasteiger partial charge is 0.249 e. The number of carbonyl (C=O) groups is 1. The van der Waals surface area contributed by atoms with Crippen LogP contribution in [0, 0.1) is 0 Å². The Balaban J connectivity index is 1.88. The first kappa shape index (κ1) is 17.9. The molecule has 0 spiro atoms. The number of aliphatic hydroxyl groups excluding tert-OH is 1. The van der Waals surface area contributed by atoms with Crippen molar-refractivity contribution >= 4 is 5.91 Å². The lowest BCUT2D eigenvalue weighted by Crippen LogP contribution is -2.43. The molecule has 2 N–H and O–H groups in total. The topological polar surface area (TPSA) is 61.8 Å². The van der Waals surface area contributed by atoms with Gasteiger partial charge in [0.25, 0.3) is 0 Å². The lowest BCUT2D eigenvalue weighted by atomic mass is 10.1. The van der Waals surface area contributed by atoms with E-state index in [4.69, 9.17) is 4.74 Å². The highest BCUT2D eigenvalue weighted by atomic mass is 16.5. The van der Waals surface area contributed by atoms with Crippen LogP contribution < -0.4 is 5.32 Å². The minimum atomic E-state index is -0.381. The Labute approximate surface area is 138 Å². The van der Waals surface area contributed by atoms with E-state index in [1.165, 1.54) is 5.56 Å². The molecule has 0 radical (unpaired) electrons. The van der Waals surface area contributed by atoms with Gasteiger partial charge >= 0.3 is 0 Å². The number of carbonyl (C=O) groups excluding carboxylic acids is 1. The number of β-amino-alcohol motifs (C(OH)–C–C–N with tert-alkyl or cyclic N) is 1. The average molecular weight is 320 g/mol. The molecule has 1 amide bonds. The van der Waals surface area contributed by atoms with Crippen LogP contribution in [0.3, 0.4) is 0 Å². The number of benzene rings is 1. The average Bonchev–Trinajstić information content (AvgIpc) is 2.90. The lowest BCUT2D eigenvalue weighted by molar-refractivity contribution is -0.132. The number of amides is 1. The number of nitrogens with one attached hydrogen (secondary N) is 1. The fourth-order valence-corrected chi connectivity index (χ4v) is 3.09. The van der Waals surface area contributed by atoms with E-state index < -0.39 is 0 Å². The van der Waals surface area contributed by atoms with Crippen LogP contribution in [0.15, 0.2) is 30.3 Å². The monoisotopic (exact) mass is 320 g/mol. The van der Waals surface area contributed by atoms with E-state index in [2.05, 4.69) is 22.3 Å². The molecule has 128 valence electrons. The Kier molecular flexibility index (Phi) is 7.02. The Morgan fingerprint density at radius 1 is 1.39 bits per heavy atom. The van der Waals surface area contributed by atoms with Crippen molar-refractivity contribution in [3.8, 4) is 0 Å². The Morgan fingerprint density at radius 2 is 2.13 bits per heavy atom. The van der Waals surface area contributed by atoms with Crippen molar-refractivity contribution in [1.29, 1.82) is 0 Å². The van der Waals surface area contributed by atoms with E-state index in [9.17, 15) is 9.90 Å². The summed E-state index contributed by atoms with van der Waals surface area (Å²) in [6.45, 7) is 6.37. The molecule has 5 nitrogen and oxygen atoms in total. The van der Waals surface area contributed by atoms with E-state index >= 15 is 0 Å². The van der Waals surface area contributed by atoms with Gasteiger partial charge in [0.1, 0.15) is 6.10 Å². The van der Waals surface area contributed by atoms with Crippen LogP contribution in [0.5, 0.6) is 0 Å². The quantitative estimate of drug-likeness (QED) is 0.763. The van der Waals surface area contributed by atoms with Crippen molar-refractivity contribution in [3.05, 3.63) is 35.9 Å². The van der Waals surface area contributed by atoms with Crippen LogP contribution in [-0.2, 0) is 16.1 Å². The van der Waals surface area contributed by atoms with Crippen molar-refractivity contribution < 1.29 is 14.6 Å². The van der Waals surface area contributed by atoms with Gasteiger partial charge in [-0.3, -0.25) is 9.69 Å². The molecule has 1 aromatic rings. The number of ether oxygens (including phenoxy) is 1.